The molecule has 0 heterocycles. The number of carbonyl (C=O) groups excluding carboxylic acids is 3. The minimum absolute atomic E-state index is 0.00698. The lowest BCUT2D eigenvalue weighted by Gasteiger charge is -2.24. The van der Waals surface area contributed by atoms with Crippen LogP contribution < -0.4 is 0 Å². The molecule has 4 heteroatoms. The molecule has 2 rings (SSSR count). The summed E-state index contributed by atoms with van der Waals surface area (Å²) in [6.07, 6.45) is 5.06. The van der Waals surface area contributed by atoms with Gasteiger partial charge in [0.05, 0.1) is 18.4 Å². The van der Waals surface area contributed by atoms with Crippen molar-refractivity contribution in [2.75, 3.05) is 6.61 Å². The van der Waals surface area contributed by atoms with E-state index in [1.807, 2.05) is 0 Å². The van der Waals surface area contributed by atoms with Gasteiger partial charge in [0.1, 0.15) is 11.6 Å². The predicted molar refractivity (Wildman–Crippen MR) is 69.4 cm³/mol. The second-order valence-electron chi connectivity index (χ2n) is 5.90. The first-order valence-corrected chi connectivity index (χ1v) is 7.30. The summed E-state index contributed by atoms with van der Waals surface area (Å²) in [5.74, 6) is 0.0769. The van der Waals surface area contributed by atoms with Crippen LogP contribution in [0.2, 0.25) is 0 Å². The molecule has 2 aliphatic carbocycles. The van der Waals surface area contributed by atoms with Crippen molar-refractivity contribution in [3.63, 3.8) is 0 Å². The second kappa shape index (κ2) is 6.31. The number of Topliss-reactive ketones (excluding diaryl/α,β-unsaturated/α-hetero) is 2. The summed E-state index contributed by atoms with van der Waals surface area (Å²) >= 11 is 0. The zero-order valence-electron chi connectivity index (χ0n) is 11.5. The number of ether oxygens (including phenoxy) is 1. The molecule has 19 heavy (non-hydrogen) atoms. The van der Waals surface area contributed by atoms with Crippen molar-refractivity contribution in [3.8, 4) is 0 Å². The van der Waals surface area contributed by atoms with Gasteiger partial charge in [0.2, 0.25) is 0 Å². The molecule has 4 nitrogen and oxygen atoms in total. The maximum Gasteiger partial charge on any atom is 0.308 e. The molecule has 0 bridgehead atoms. The molecule has 0 N–H and O–H groups in total. The molecule has 0 radical (unpaired) electrons. The highest BCUT2D eigenvalue weighted by Crippen LogP contribution is 2.29. The fraction of sp³-hybridized carbons (Fsp3) is 0.800. The average Bonchev–Trinajstić information content (AvgIpc) is 2.71. The molecule has 0 unspecified atom stereocenters. The van der Waals surface area contributed by atoms with E-state index in [2.05, 4.69) is 6.92 Å². The Labute approximate surface area is 113 Å². The van der Waals surface area contributed by atoms with Crippen LogP contribution in [0.5, 0.6) is 0 Å². The smallest absolute Gasteiger partial charge is 0.308 e. The number of rotatable bonds is 4. The van der Waals surface area contributed by atoms with Gasteiger partial charge in [-0.3, -0.25) is 14.4 Å². The third-order valence-electron chi connectivity index (χ3n) is 4.40. The van der Waals surface area contributed by atoms with Crippen LogP contribution in [0.1, 0.15) is 51.9 Å². The molecule has 0 aromatic rings. The van der Waals surface area contributed by atoms with Crippen molar-refractivity contribution in [1.82, 2.24) is 0 Å². The lowest BCUT2D eigenvalue weighted by molar-refractivity contribution is -0.151. The lowest BCUT2D eigenvalue weighted by atomic mass is 9.83. The van der Waals surface area contributed by atoms with Crippen LogP contribution in [0.4, 0.5) is 0 Å². The lowest BCUT2D eigenvalue weighted by Crippen LogP contribution is -2.24. The summed E-state index contributed by atoms with van der Waals surface area (Å²) in [5.41, 5.74) is 0. The molecule has 0 atom stereocenters. The van der Waals surface area contributed by atoms with Crippen LogP contribution >= 0.6 is 0 Å². The highest BCUT2D eigenvalue weighted by atomic mass is 16.5. The van der Waals surface area contributed by atoms with E-state index in [4.69, 9.17) is 4.74 Å². The Morgan fingerprint density at radius 3 is 2.26 bits per heavy atom. The normalized spacial score (nSPS) is 28.7. The third-order valence-corrected chi connectivity index (χ3v) is 4.40. The molecule has 0 aromatic carbocycles. The van der Waals surface area contributed by atoms with Crippen molar-refractivity contribution in [1.29, 1.82) is 0 Å². The Morgan fingerprint density at radius 2 is 1.68 bits per heavy atom. The number of hydrogen-bond acceptors (Lipinski definition) is 4. The summed E-state index contributed by atoms with van der Waals surface area (Å²) in [7, 11) is 0. The molecule has 2 aliphatic rings. The Morgan fingerprint density at radius 1 is 1.11 bits per heavy atom. The topological polar surface area (TPSA) is 60.4 Å². The number of carbonyl (C=O) groups is 3. The Balaban J connectivity index is 1.69. The van der Waals surface area contributed by atoms with Gasteiger partial charge in [-0.25, -0.2) is 0 Å². The van der Waals surface area contributed by atoms with E-state index in [-0.39, 0.29) is 30.1 Å². The first kappa shape index (κ1) is 14.2. The predicted octanol–water partition coefficient (Wildman–Crippen LogP) is 2.29. The Bertz CT molecular complexity index is 350. The summed E-state index contributed by atoms with van der Waals surface area (Å²) in [6, 6.07) is 0. The molecule has 0 spiro atoms. The van der Waals surface area contributed by atoms with E-state index in [1.165, 1.54) is 0 Å². The van der Waals surface area contributed by atoms with Crippen LogP contribution in [-0.4, -0.2) is 24.1 Å². The highest BCUT2D eigenvalue weighted by Gasteiger charge is 2.33. The van der Waals surface area contributed by atoms with Gasteiger partial charge in [-0.05, 0) is 38.0 Å². The van der Waals surface area contributed by atoms with E-state index in [0.717, 1.165) is 25.7 Å². The van der Waals surface area contributed by atoms with Crippen molar-refractivity contribution < 1.29 is 19.1 Å². The van der Waals surface area contributed by atoms with Crippen molar-refractivity contribution in [2.24, 2.45) is 17.8 Å². The number of esters is 1. The van der Waals surface area contributed by atoms with Crippen molar-refractivity contribution in [2.45, 2.75) is 51.9 Å². The zero-order chi connectivity index (χ0) is 13.8. The molecule has 0 aromatic heterocycles. The molecule has 2 saturated carbocycles. The SMILES string of the molecule is CC1CCC(C(=O)OCCC2C(=O)CCC2=O)CC1. The van der Waals surface area contributed by atoms with E-state index in [0.29, 0.717) is 25.2 Å². The quantitative estimate of drug-likeness (QED) is 0.578. The summed E-state index contributed by atoms with van der Waals surface area (Å²) in [4.78, 5) is 34.7. The second-order valence-corrected chi connectivity index (χ2v) is 5.90. The van der Waals surface area contributed by atoms with E-state index in [9.17, 15) is 14.4 Å². The van der Waals surface area contributed by atoms with E-state index >= 15 is 0 Å². The van der Waals surface area contributed by atoms with E-state index in [1.54, 1.807) is 0 Å². The van der Waals surface area contributed by atoms with Gasteiger partial charge in [0, 0.05) is 12.8 Å². The number of ketones is 2. The van der Waals surface area contributed by atoms with Crippen LogP contribution in [-0.2, 0) is 19.1 Å². The number of hydrogen-bond donors (Lipinski definition) is 0. The maximum absolute atomic E-state index is 11.8. The molecular weight excluding hydrogens is 244 g/mol. The fourth-order valence-corrected chi connectivity index (χ4v) is 2.99. The van der Waals surface area contributed by atoms with Gasteiger partial charge in [-0.2, -0.15) is 0 Å². The van der Waals surface area contributed by atoms with Gasteiger partial charge < -0.3 is 4.74 Å². The summed E-state index contributed by atoms with van der Waals surface area (Å²) in [5, 5.41) is 0. The third kappa shape index (κ3) is 3.64. The minimum atomic E-state index is -0.515. The van der Waals surface area contributed by atoms with Crippen LogP contribution in [0, 0.1) is 17.8 Å². The first-order valence-electron chi connectivity index (χ1n) is 7.30. The molecule has 0 saturated heterocycles. The largest absolute Gasteiger partial charge is 0.465 e. The van der Waals surface area contributed by atoms with Crippen molar-refractivity contribution >= 4 is 17.5 Å². The molecule has 0 amide bonds. The molecule has 106 valence electrons. The Hall–Kier alpha value is -1.19. The van der Waals surface area contributed by atoms with Gasteiger partial charge in [0.15, 0.2) is 0 Å². The minimum Gasteiger partial charge on any atom is -0.465 e. The average molecular weight is 266 g/mol. The maximum atomic E-state index is 11.8. The Kier molecular flexibility index (Phi) is 4.72. The monoisotopic (exact) mass is 266 g/mol. The zero-order valence-corrected chi connectivity index (χ0v) is 11.5. The van der Waals surface area contributed by atoms with Crippen LogP contribution in [0.25, 0.3) is 0 Å². The summed E-state index contributed by atoms with van der Waals surface area (Å²) in [6.45, 7) is 2.41. The highest BCUT2D eigenvalue weighted by molar-refractivity contribution is 6.08. The fourth-order valence-electron chi connectivity index (χ4n) is 2.99. The van der Waals surface area contributed by atoms with Gasteiger partial charge in [-0.15, -0.1) is 0 Å². The van der Waals surface area contributed by atoms with Crippen LogP contribution in [0.3, 0.4) is 0 Å². The summed E-state index contributed by atoms with van der Waals surface area (Å²) < 4.78 is 5.23. The van der Waals surface area contributed by atoms with Gasteiger partial charge >= 0.3 is 5.97 Å². The van der Waals surface area contributed by atoms with Crippen molar-refractivity contribution in [3.05, 3.63) is 0 Å². The van der Waals surface area contributed by atoms with E-state index < -0.39 is 5.92 Å². The molecule has 2 fully saturated rings. The molecule has 0 aliphatic heterocycles. The van der Waals surface area contributed by atoms with Crippen LogP contribution in [0.15, 0.2) is 0 Å². The standard InChI is InChI=1S/C15H22O4/c1-10-2-4-11(5-3-10)15(18)19-9-8-12-13(16)6-7-14(12)17/h10-12H,2-9H2,1H3. The van der Waals surface area contributed by atoms with Gasteiger partial charge in [0.25, 0.3) is 0 Å². The van der Waals surface area contributed by atoms with Gasteiger partial charge in [-0.1, -0.05) is 6.92 Å². The first-order chi connectivity index (χ1) is 9.08. The molecular formula is C15H22O4.